The average Bonchev–Trinajstić information content (AvgIpc) is 2.62. The van der Waals surface area contributed by atoms with Crippen molar-refractivity contribution in [3.8, 4) is 0 Å². The zero-order chi connectivity index (χ0) is 17.8. The summed E-state index contributed by atoms with van der Waals surface area (Å²) in [7, 11) is 1.64. The Kier molecular flexibility index (Phi) is 5.56. The molecule has 0 radical (unpaired) electrons. The summed E-state index contributed by atoms with van der Waals surface area (Å²) >= 11 is 1.59. The highest BCUT2D eigenvalue weighted by Crippen LogP contribution is 2.23. The van der Waals surface area contributed by atoms with Gasteiger partial charge in [-0.3, -0.25) is 9.36 Å². The van der Waals surface area contributed by atoms with Crippen LogP contribution >= 0.6 is 11.8 Å². The molecule has 130 valence electrons. The molecule has 4 nitrogen and oxygen atoms in total. The largest absolute Gasteiger partial charge is 0.383 e. The van der Waals surface area contributed by atoms with Gasteiger partial charge in [0.1, 0.15) is 0 Å². The Balaban J connectivity index is 1.95. The molecule has 0 fully saturated rings. The maximum absolute atomic E-state index is 12.8. The van der Waals surface area contributed by atoms with E-state index in [1.54, 1.807) is 23.4 Å². The van der Waals surface area contributed by atoms with Crippen molar-refractivity contribution in [2.24, 2.45) is 0 Å². The third-order valence-corrected chi connectivity index (χ3v) is 5.33. The topological polar surface area (TPSA) is 44.1 Å². The zero-order valence-corrected chi connectivity index (χ0v) is 15.6. The van der Waals surface area contributed by atoms with E-state index in [1.807, 2.05) is 24.3 Å². The molecule has 25 heavy (non-hydrogen) atoms. The maximum Gasteiger partial charge on any atom is 0.262 e. The monoisotopic (exact) mass is 354 g/mol. The molecular formula is C20H22N2O2S. The van der Waals surface area contributed by atoms with Gasteiger partial charge < -0.3 is 4.74 Å². The number of hydrogen-bond acceptors (Lipinski definition) is 4. The molecule has 0 bridgehead atoms. The van der Waals surface area contributed by atoms with E-state index in [0.717, 1.165) is 16.4 Å². The van der Waals surface area contributed by atoms with Crippen LogP contribution < -0.4 is 5.56 Å². The first-order chi connectivity index (χ1) is 12.1. The van der Waals surface area contributed by atoms with Gasteiger partial charge in [-0.1, -0.05) is 42.1 Å². The minimum absolute atomic E-state index is 0.00904. The molecule has 3 aromatic rings. The third-order valence-electron chi connectivity index (χ3n) is 4.28. The van der Waals surface area contributed by atoms with Gasteiger partial charge in [0.15, 0.2) is 5.16 Å². The van der Waals surface area contributed by atoms with Gasteiger partial charge in [-0.2, -0.15) is 0 Å². The smallest absolute Gasteiger partial charge is 0.262 e. The standard InChI is InChI=1S/C20H22N2O2S/c1-14-8-9-16(12-15(14)2)13-25-20-21-18-7-5-4-6-17(18)19(23)22(20)10-11-24-3/h4-9,12H,10-11,13H2,1-3H3. The van der Waals surface area contributed by atoms with Crippen LogP contribution in [0.4, 0.5) is 0 Å². The first kappa shape index (κ1) is 17.7. The Morgan fingerprint density at radius 1 is 1.12 bits per heavy atom. The van der Waals surface area contributed by atoms with Crippen molar-refractivity contribution in [2.45, 2.75) is 31.3 Å². The van der Waals surface area contributed by atoms with Gasteiger partial charge in [-0.15, -0.1) is 0 Å². The summed E-state index contributed by atoms with van der Waals surface area (Å²) in [6.07, 6.45) is 0. The number of fused-ring (bicyclic) bond motifs is 1. The number of benzene rings is 2. The molecule has 0 saturated carbocycles. The van der Waals surface area contributed by atoms with Crippen molar-refractivity contribution in [1.29, 1.82) is 0 Å². The fourth-order valence-corrected chi connectivity index (χ4v) is 3.65. The summed E-state index contributed by atoms with van der Waals surface area (Å²) in [4.78, 5) is 17.5. The number of para-hydroxylation sites is 1. The Bertz CT molecular complexity index is 950. The van der Waals surface area contributed by atoms with Gasteiger partial charge in [-0.25, -0.2) is 4.98 Å². The summed E-state index contributed by atoms with van der Waals surface area (Å²) in [6.45, 7) is 5.21. The molecule has 1 heterocycles. The first-order valence-electron chi connectivity index (χ1n) is 8.27. The van der Waals surface area contributed by atoms with E-state index in [2.05, 4.69) is 32.0 Å². The summed E-state index contributed by atoms with van der Waals surface area (Å²) in [5.41, 5.74) is 4.53. The maximum atomic E-state index is 12.8. The number of methoxy groups -OCH3 is 1. The fourth-order valence-electron chi connectivity index (χ4n) is 2.68. The Morgan fingerprint density at radius 2 is 1.92 bits per heavy atom. The number of rotatable bonds is 6. The van der Waals surface area contributed by atoms with Crippen molar-refractivity contribution >= 4 is 22.7 Å². The summed E-state index contributed by atoms with van der Waals surface area (Å²) < 4.78 is 6.88. The average molecular weight is 354 g/mol. The predicted octanol–water partition coefficient (Wildman–Crippen LogP) is 3.95. The van der Waals surface area contributed by atoms with E-state index < -0.39 is 0 Å². The van der Waals surface area contributed by atoms with Crippen LogP contribution in [0.15, 0.2) is 52.4 Å². The van der Waals surface area contributed by atoms with Crippen molar-refractivity contribution < 1.29 is 4.74 Å². The van der Waals surface area contributed by atoms with Gasteiger partial charge in [0.05, 0.1) is 24.1 Å². The lowest BCUT2D eigenvalue weighted by Crippen LogP contribution is -2.25. The molecular weight excluding hydrogens is 332 g/mol. The minimum atomic E-state index is -0.00904. The van der Waals surface area contributed by atoms with Gasteiger partial charge in [0.25, 0.3) is 5.56 Å². The second kappa shape index (κ2) is 7.85. The van der Waals surface area contributed by atoms with Crippen LogP contribution in [0.1, 0.15) is 16.7 Å². The van der Waals surface area contributed by atoms with Gasteiger partial charge in [0.2, 0.25) is 0 Å². The SMILES string of the molecule is COCCn1c(SCc2ccc(C)c(C)c2)nc2ccccc2c1=O. The van der Waals surface area contributed by atoms with E-state index in [4.69, 9.17) is 9.72 Å². The van der Waals surface area contributed by atoms with Crippen LogP contribution in [0.5, 0.6) is 0 Å². The number of ether oxygens (including phenoxy) is 1. The van der Waals surface area contributed by atoms with Crippen molar-refractivity contribution in [1.82, 2.24) is 9.55 Å². The van der Waals surface area contributed by atoms with Crippen LogP contribution in [-0.2, 0) is 17.0 Å². The molecule has 0 aliphatic carbocycles. The lowest BCUT2D eigenvalue weighted by atomic mass is 10.1. The lowest BCUT2D eigenvalue weighted by molar-refractivity contribution is 0.183. The number of aromatic nitrogens is 2. The summed E-state index contributed by atoms with van der Waals surface area (Å²) in [6, 6.07) is 14.0. The van der Waals surface area contributed by atoms with E-state index in [9.17, 15) is 4.79 Å². The van der Waals surface area contributed by atoms with Crippen molar-refractivity contribution in [3.63, 3.8) is 0 Å². The number of nitrogens with zero attached hydrogens (tertiary/aromatic N) is 2. The van der Waals surface area contributed by atoms with Crippen LogP contribution in [0.2, 0.25) is 0 Å². The zero-order valence-electron chi connectivity index (χ0n) is 14.8. The molecule has 0 atom stereocenters. The molecule has 0 amide bonds. The Labute approximate surface area is 151 Å². The van der Waals surface area contributed by atoms with Crippen molar-refractivity contribution in [3.05, 3.63) is 69.5 Å². The summed E-state index contributed by atoms with van der Waals surface area (Å²) in [5.74, 6) is 0.777. The highest BCUT2D eigenvalue weighted by Gasteiger charge is 2.11. The molecule has 0 unspecified atom stereocenters. The van der Waals surface area contributed by atoms with E-state index in [-0.39, 0.29) is 5.56 Å². The number of hydrogen-bond donors (Lipinski definition) is 0. The Morgan fingerprint density at radius 3 is 2.68 bits per heavy atom. The van der Waals surface area contributed by atoms with Crippen molar-refractivity contribution in [2.75, 3.05) is 13.7 Å². The quantitative estimate of drug-likeness (QED) is 0.497. The van der Waals surface area contributed by atoms with E-state index in [1.165, 1.54) is 16.7 Å². The van der Waals surface area contributed by atoms with E-state index in [0.29, 0.717) is 18.5 Å². The van der Waals surface area contributed by atoms with Gasteiger partial charge in [0, 0.05) is 12.9 Å². The number of aryl methyl sites for hydroxylation is 2. The first-order valence-corrected chi connectivity index (χ1v) is 9.26. The molecule has 2 aromatic carbocycles. The molecule has 3 rings (SSSR count). The van der Waals surface area contributed by atoms with Crippen LogP contribution in [-0.4, -0.2) is 23.3 Å². The second-order valence-electron chi connectivity index (χ2n) is 6.07. The van der Waals surface area contributed by atoms with Gasteiger partial charge in [-0.05, 0) is 42.7 Å². The molecule has 1 aromatic heterocycles. The highest BCUT2D eigenvalue weighted by atomic mass is 32.2. The molecule has 0 spiro atoms. The predicted molar refractivity (Wildman–Crippen MR) is 103 cm³/mol. The van der Waals surface area contributed by atoms with Gasteiger partial charge >= 0.3 is 0 Å². The molecule has 5 heteroatoms. The minimum Gasteiger partial charge on any atom is -0.383 e. The van der Waals surface area contributed by atoms with Crippen LogP contribution in [0, 0.1) is 13.8 Å². The highest BCUT2D eigenvalue weighted by molar-refractivity contribution is 7.98. The fraction of sp³-hybridized carbons (Fsp3) is 0.300. The molecule has 0 saturated heterocycles. The second-order valence-corrected chi connectivity index (χ2v) is 7.01. The Hall–Kier alpha value is -2.11. The number of thioether (sulfide) groups is 1. The molecule has 0 N–H and O–H groups in total. The van der Waals surface area contributed by atoms with E-state index >= 15 is 0 Å². The van der Waals surface area contributed by atoms with Crippen LogP contribution in [0.3, 0.4) is 0 Å². The molecule has 0 aliphatic heterocycles. The summed E-state index contributed by atoms with van der Waals surface area (Å²) in [5, 5.41) is 1.38. The third kappa shape index (κ3) is 3.94. The molecule has 0 aliphatic rings. The lowest BCUT2D eigenvalue weighted by Gasteiger charge is -2.13. The normalized spacial score (nSPS) is 11.2. The van der Waals surface area contributed by atoms with Crippen LogP contribution in [0.25, 0.3) is 10.9 Å².